The van der Waals surface area contributed by atoms with E-state index in [0.717, 1.165) is 29.2 Å². The molecule has 0 N–H and O–H groups in total. The Bertz CT molecular complexity index is 881. The van der Waals surface area contributed by atoms with Crippen LogP contribution in [0.4, 0.5) is 10.1 Å². The summed E-state index contributed by atoms with van der Waals surface area (Å²) in [5, 5.41) is 8.48. The van der Waals surface area contributed by atoms with Gasteiger partial charge in [0.25, 0.3) is 0 Å². The minimum Gasteiger partial charge on any atom is -0.497 e. The van der Waals surface area contributed by atoms with Crippen LogP contribution in [-0.2, 0) is 11.3 Å². The average molecular weight is 354 g/mol. The molecule has 1 aliphatic heterocycles. The molecule has 26 heavy (non-hydrogen) atoms. The maximum absolute atomic E-state index is 13.2. The van der Waals surface area contributed by atoms with E-state index >= 15 is 0 Å². The predicted molar refractivity (Wildman–Crippen MR) is 94.6 cm³/mol. The highest BCUT2D eigenvalue weighted by Gasteiger charge is 2.29. The third kappa shape index (κ3) is 3.39. The lowest BCUT2D eigenvalue weighted by Crippen LogP contribution is -2.23. The molecule has 2 aromatic carbocycles. The van der Waals surface area contributed by atoms with Crippen molar-refractivity contribution in [2.45, 2.75) is 12.8 Å². The first-order valence-electron chi connectivity index (χ1n) is 8.40. The van der Waals surface area contributed by atoms with Crippen LogP contribution < -0.4 is 9.64 Å². The topological polar surface area (TPSA) is 52.4 Å². The van der Waals surface area contributed by atoms with Crippen molar-refractivity contribution in [2.24, 2.45) is 0 Å². The lowest BCUT2D eigenvalue weighted by atomic mass is 10.2. The number of hydrogen-bond acceptors (Lipinski definition) is 5. The molecule has 1 aliphatic rings. The third-order valence-electron chi connectivity index (χ3n) is 4.34. The first-order chi connectivity index (χ1) is 12.7. The summed E-state index contributed by atoms with van der Waals surface area (Å²) < 4.78 is 26.0. The van der Waals surface area contributed by atoms with Crippen LogP contribution in [0.25, 0.3) is 0 Å². The predicted octanol–water partition coefficient (Wildman–Crippen LogP) is 3.01. The van der Waals surface area contributed by atoms with Crippen molar-refractivity contribution in [3.63, 3.8) is 0 Å². The van der Waals surface area contributed by atoms with Gasteiger partial charge in [-0.2, -0.15) is 0 Å². The molecule has 3 aromatic rings. The fraction of sp³-hybridized carbons (Fsp3) is 0.263. The van der Waals surface area contributed by atoms with Crippen molar-refractivity contribution >= 4 is 5.69 Å². The van der Waals surface area contributed by atoms with E-state index in [2.05, 4.69) is 15.2 Å². The van der Waals surface area contributed by atoms with Gasteiger partial charge in [-0.15, -0.1) is 5.10 Å². The van der Waals surface area contributed by atoms with Gasteiger partial charge < -0.3 is 14.4 Å². The molecule has 1 atom stereocenters. The summed E-state index contributed by atoms with van der Waals surface area (Å²) in [5.74, 6) is 0.555. The smallest absolute Gasteiger partial charge is 0.177 e. The number of nitrogens with zero attached hydrogens (tertiary/aromatic N) is 4. The minimum absolute atomic E-state index is 0.255. The van der Waals surface area contributed by atoms with E-state index < -0.39 is 0 Å². The number of aromatic nitrogens is 3. The quantitative estimate of drug-likeness (QED) is 0.705. The Hall–Kier alpha value is -2.93. The van der Waals surface area contributed by atoms with Gasteiger partial charge in [0.2, 0.25) is 0 Å². The Balaban J connectivity index is 1.52. The summed E-state index contributed by atoms with van der Waals surface area (Å²) >= 11 is 0. The number of halogens is 1. The number of benzene rings is 2. The van der Waals surface area contributed by atoms with Crippen molar-refractivity contribution in [2.75, 3.05) is 25.2 Å². The van der Waals surface area contributed by atoms with E-state index in [4.69, 9.17) is 9.47 Å². The molecule has 0 spiro atoms. The Kier molecular flexibility index (Phi) is 4.53. The Morgan fingerprint density at radius 3 is 2.88 bits per heavy atom. The van der Waals surface area contributed by atoms with Gasteiger partial charge in [-0.3, -0.25) is 0 Å². The molecule has 4 rings (SSSR count). The highest BCUT2D eigenvalue weighted by molar-refractivity contribution is 5.48. The number of anilines is 1. The second kappa shape index (κ2) is 7.13. The zero-order valence-corrected chi connectivity index (χ0v) is 14.4. The third-order valence-corrected chi connectivity index (χ3v) is 4.34. The first kappa shape index (κ1) is 16.5. The Morgan fingerprint density at radius 1 is 1.23 bits per heavy atom. The van der Waals surface area contributed by atoms with Crippen LogP contribution in [0.3, 0.4) is 0 Å². The van der Waals surface area contributed by atoms with E-state index in [1.807, 2.05) is 30.5 Å². The van der Waals surface area contributed by atoms with Crippen LogP contribution in [0, 0.1) is 5.82 Å². The van der Waals surface area contributed by atoms with Crippen molar-refractivity contribution in [1.82, 2.24) is 15.0 Å². The second-order valence-corrected chi connectivity index (χ2v) is 6.09. The SMILES string of the molecule is COc1cccc(Cn2cc(C3OCCN3c3ccc(F)cc3)nn2)c1. The number of ether oxygens (including phenoxy) is 2. The van der Waals surface area contributed by atoms with Crippen LogP contribution in [0.5, 0.6) is 5.75 Å². The molecule has 1 fully saturated rings. The zero-order valence-electron chi connectivity index (χ0n) is 14.4. The molecule has 1 unspecified atom stereocenters. The van der Waals surface area contributed by atoms with Gasteiger partial charge in [0, 0.05) is 12.2 Å². The maximum Gasteiger partial charge on any atom is 0.177 e. The summed E-state index contributed by atoms with van der Waals surface area (Å²) in [6.45, 7) is 1.90. The van der Waals surface area contributed by atoms with Crippen molar-refractivity contribution in [3.8, 4) is 5.75 Å². The van der Waals surface area contributed by atoms with E-state index in [0.29, 0.717) is 13.2 Å². The lowest BCUT2D eigenvalue weighted by Gasteiger charge is -2.23. The molecule has 6 nitrogen and oxygen atoms in total. The zero-order chi connectivity index (χ0) is 17.9. The molecule has 0 aliphatic carbocycles. The van der Waals surface area contributed by atoms with Crippen LogP contribution in [0.1, 0.15) is 17.5 Å². The standard InChI is InChI=1S/C19H19FN4O2/c1-25-17-4-2-3-14(11-17)12-23-13-18(21-22-23)19-24(9-10-26-19)16-7-5-15(20)6-8-16/h2-8,11,13,19H,9-10,12H2,1H3. The van der Waals surface area contributed by atoms with E-state index in [1.54, 1.807) is 23.9 Å². The van der Waals surface area contributed by atoms with Crippen LogP contribution in [-0.4, -0.2) is 35.3 Å². The van der Waals surface area contributed by atoms with Gasteiger partial charge in [0.15, 0.2) is 6.23 Å². The summed E-state index contributed by atoms with van der Waals surface area (Å²) in [6.07, 6.45) is 1.56. The summed E-state index contributed by atoms with van der Waals surface area (Å²) in [5.41, 5.74) is 2.70. The van der Waals surface area contributed by atoms with Crippen LogP contribution in [0.2, 0.25) is 0 Å². The molecular formula is C19H19FN4O2. The number of methoxy groups -OCH3 is 1. The molecule has 2 heterocycles. The maximum atomic E-state index is 13.2. The molecule has 1 aromatic heterocycles. The van der Waals surface area contributed by atoms with Crippen molar-refractivity contribution < 1.29 is 13.9 Å². The van der Waals surface area contributed by atoms with Gasteiger partial charge in [-0.25, -0.2) is 9.07 Å². The second-order valence-electron chi connectivity index (χ2n) is 6.09. The molecule has 0 amide bonds. The van der Waals surface area contributed by atoms with Crippen LogP contribution in [0.15, 0.2) is 54.7 Å². The molecule has 7 heteroatoms. The first-order valence-corrected chi connectivity index (χ1v) is 8.40. The summed E-state index contributed by atoms with van der Waals surface area (Å²) in [4.78, 5) is 2.05. The number of hydrogen-bond donors (Lipinski definition) is 0. The molecule has 0 saturated carbocycles. The van der Waals surface area contributed by atoms with E-state index in [-0.39, 0.29) is 12.0 Å². The largest absolute Gasteiger partial charge is 0.497 e. The summed E-state index contributed by atoms with van der Waals surface area (Å²) in [7, 11) is 1.65. The van der Waals surface area contributed by atoms with Crippen molar-refractivity contribution in [1.29, 1.82) is 0 Å². The van der Waals surface area contributed by atoms with Gasteiger partial charge in [0.05, 0.1) is 26.5 Å². The van der Waals surface area contributed by atoms with E-state index in [9.17, 15) is 4.39 Å². The fourth-order valence-corrected chi connectivity index (χ4v) is 3.07. The lowest BCUT2D eigenvalue weighted by molar-refractivity contribution is 0.110. The normalized spacial score (nSPS) is 16.8. The Morgan fingerprint density at radius 2 is 2.08 bits per heavy atom. The van der Waals surface area contributed by atoms with Gasteiger partial charge in [-0.05, 0) is 42.0 Å². The van der Waals surface area contributed by atoms with Crippen molar-refractivity contribution in [3.05, 3.63) is 71.8 Å². The van der Waals surface area contributed by atoms with Gasteiger partial charge >= 0.3 is 0 Å². The molecular weight excluding hydrogens is 335 g/mol. The summed E-state index contributed by atoms with van der Waals surface area (Å²) in [6, 6.07) is 14.2. The fourth-order valence-electron chi connectivity index (χ4n) is 3.07. The average Bonchev–Trinajstić information content (AvgIpc) is 3.32. The number of rotatable bonds is 5. The monoisotopic (exact) mass is 354 g/mol. The molecule has 1 saturated heterocycles. The van der Waals surface area contributed by atoms with Gasteiger partial charge in [-0.1, -0.05) is 17.3 Å². The highest BCUT2D eigenvalue weighted by Crippen LogP contribution is 2.31. The minimum atomic E-state index is -0.320. The van der Waals surface area contributed by atoms with Crippen LogP contribution >= 0.6 is 0 Å². The molecule has 0 radical (unpaired) electrons. The molecule has 0 bridgehead atoms. The van der Waals surface area contributed by atoms with Gasteiger partial charge in [0.1, 0.15) is 17.3 Å². The molecule has 134 valence electrons. The highest BCUT2D eigenvalue weighted by atomic mass is 19.1. The Labute approximate surface area is 150 Å². The van der Waals surface area contributed by atoms with E-state index in [1.165, 1.54) is 12.1 Å².